The highest BCUT2D eigenvalue weighted by atomic mass is 16.2. The molecule has 0 unspecified atom stereocenters. The number of aromatic nitrogens is 2. The first kappa shape index (κ1) is 20.9. The summed E-state index contributed by atoms with van der Waals surface area (Å²) in [5, 5.41) is 3.20. The Kier molecular flexibility index (Phi) is 6.57. The Morgan fingerprint density at radius 3 is 1.91 bits per heavy atom. The van der Waals surface area contributed by atoms with Crippen LogP contribution in [-0.4, -0.2) is 15.9 Å². The van der Waals surface area contributed by atoms with Crippen LogP contribution in [0, 0.1) is 0 Å². The number of carbonyl (C=O) groups excluding carboxylic acids is 1. The number of nitrogens with zero attached hydrogens (tertiary/aromatic N) is 2. The molecule has 1 heterocycles. The van der Waals surface area contributed by atoms with Gasteiger partial charge in [-0.25, -0.2) is 9.97 Å². The van der Waals surface area contributed by atoms with Crippen molar-refractivity contribution in [3.05, 3.63) is 114 Å². The van der Waals surface area contributed by atoms with Gasteiger partial charge in [-0.3, -0.25) is 15.6 Å². The maximum Gasteiger partial charge on any atom is 0.250 e. The Labute approximate surface area is 186 Å². The van der Waals surface area contributed by atoms with Crippen LogP contribution in [0.5, 0.6) is 0 Å². The van der Waals surface area contributed by atoms with Crippen molar-refractivity contribution in [2.24, 2.45) is 0 Å². The summed E-state index contributed by atoms with van der Waals surface area (Å²) in [5.41, 5.74) is 15.0. The molecule has 0 atom stereocenters. The minimum Gasteiger partial charge on any atom is -0.393 e. The summed E-state index contributed by atoms with van der Waals surface area (Å²) in [6.45, 7) is 0.567. The zero-order chi connectivity index (χ0) is 22.2. The molecule has 0 fully saturated rings. The Morgan fingerprint density at radius 1 is 0.781 bits per heavy atom. The van der Waals surface area contributed by atoms with Crippen molar-refractivity contribution in [3.63, 3.8) is 0 Å². The maximum atomic E-state index is 13.2. The predicted octanol–water partition coefficient (Wildman–Crippen LogP) is 3.95. The van der Waals surface area contributed by atoms with Gasteiger partial charge in [0.1, 0.15) is 12.0 Å². The molecule has 3 aromatic carbocycles. The third-order valence-corrected chi connectivity index (χ3v) is 5.02. The van der Waals surface area contributed by atoms with Gasteiger partial charge in [0.25, 0.3) is 0 Å². The summed E-state index contributed by atoms with van der Waals surface area (Å²) >= 11 is 0. The molecule has 160 valence electrons. The van der Waals surface area contributed by atoms with Crippen molar-refractivity contribution in [2.75, 3.05) is 16.5 Å². The molecule has 4 rings (SSSR count). The number of carbonyl (C=O) groups is 1. The van der Waals surface area contributed by atoms with E-state index in [1.807, 2.05) is 91.0 Å². The molecule has 7 heteroatoms. The smallest absolute Gasteiger partial charge is 0.250 e. The fraction of sp³-hybridized carbons (Fsp3) is 0.0800. The maximum absolute atomic E-state index is 13.2. The van der Waals surface area contributed by atoms with E-state index >= 15 is 0 Å². The van der Waals surface area contributed by atoms with E-state index in [1.54, 1.807) is 0 Å². The zero-order valence-corrected chi connectivity index (χ0v) is 17.4. The molecule has 0 aliphatic heterocycles. The van der Waals surface area contributed by atoms with Gasteiger partial charge in [0.2, 0.25) is 5.91 Å². The van der Waals surface area contributed by atoms with Crippen LogP contribution < -0.4 is 21.9 Å². The first-order chi connectivity index (χ1) is 15.7. The summed E-state index contributed by atoms with van der Waals surface area (Å²) in [6, 6.07) is 29.2. The van der Waals surface area contributed by atoms with Crippen LogP contribution in [0.15, 0.2) is 97.3 Å². The van der Waals surface area contributed by atoms with Crippen LogP contribution in [0.2, 0.25) is 0 Å². The highest BCUT2D eigenvalue weighted by molar-refractivity contribution is 5.88. The molecule has 1 aromatic heterocycles. The van der Waals surface area contributed by atoms with Crippen LogP contribution in [0.4, 0.5) is 17.3 Å². The fourth-order valence-corrected chi connectivity index (χ4v) is 3.40. The van der Waals surface area contributed by atoms with Crippen LogP contribution in [0.3, 0.4) is 0 Å². The van der Waals surface area contributed by atoms with Gasteiger partial charge >= 0.3 is 0 Å². The van der Waals surface area contributed by atoms with Crippen molar-refractivity contribution in [1.29, 1.82) is 0 Å². The number of nitrogens with one attached hydrogen (secondary N) is 3. The number of hydrazine groups is 1. The molecule has 5 N–H and O–H groups in total. The van der Waals surface area contributed by atoms with Gasteiger partial charge in [-0.15, -0.1) is 0 Å². The first-order valence-electron chi connectivity index (χ1n) is 10.3. The predicted molar refractivity (Wildman–Crippen MR) is 127 cm³/mol. The number of nitrogen functional groups attached to an aromatic ring is 1. The molecule has 4 aromatic rings. The van der Waals surface area contributed by atoms with Crippen LogP contribution in [0.1, 0.15) is 22.6 Å². The van der Waals surface area contributed by atoms with Crippen LogP contribution >= 0.6 is 0 Å². The van der Waals surface area contributed by atoms with E-state index < -0.39 is 5.92 Å². The minimum absolute atomic E-state index is 0.223. The summed E-state index contributed by atoms with van der Waals surface area (Å²) in [6.07, 6.45) is 1.39. The minimum atomic E-state index is -0.483. The van der Waals surface area contributed by atoms with Gasteiger partial charge in [0.05, 0.1) is 5.92 Å². The fourth-order valence-electron chi connectivity index (χ4n) is 3.40. The molecule has 0 aliphatic carbocycles. The SMILES string of the molecule is Nc1c(NCc2ccccc2)ncnc1NNC(=O)C(c1ccccc1)c1ccccc1. The lowest BCUT2D eigenvalue weighted by Crippen LogP contribution is -2.35. The Hall–Kier alpha value is -4.39. The highest BCUT2D eigenvalue weighted by Gasteiger charge is 2.23. The van der Waals surface area contributed by atoms with Crippen molar-refractivity contribution in [2.45, 2.75) is 12.5 Å². The van der Waals surface area contributed by atoms with Crippen LogP contribution in [0.25, 0.3) is 0 Å². The topological polar surface area (TPSA) is 105 Å². The monoisotopic (exact) mass is 424 g/mol. The zero-order valence-electron chi connectivity index (χ0n) is 17.4. The largest absolute Gasteiger partial charge is 0.393 e. The highest BCUT2D eigenvalue weighted by Crippen LogP contribution is 2.26. The van der Waals surface area contributed by atoms with E-state index in [9.17, 15) is 4.79 Å². The number of amides is 1. The number of anilines is 3. The van der Waals surface area contributed by atoms with E-state index in [2.05, 4.69) is 26.1 Å². The molecule has 7 nitrogen and oxygen atoms in total. The van der Waals surface area contributed by atoms with Crippen molar-refractivity contribution in [1.82, 2.24) is 15.4 Å². The summed E-state index contributed by atoms with van der Waals surface area (Å²) < 4.78 is 0. The second-order valence-electron chi connectivity index (χ2n) is 7.19. The third-order valence-electron chi connectivity index (χ3n) is 5.02. The lowest BCUT2D eigenvalue weighted by molar-refractivity contribution is -0.121. The lowest BCUT2D eigenvalue weighted by Gasteiger charge is -2.19. The molecule has 0 saturated heterocycles. The summed E-state index contributed by atoms with van der Waals surface area (Å²) in [7, 11) is 0. The van der Waals surface area contributed by atoms with Crippen LogP contribution in [-0.2, 0) is 11.3 Å². The molecule has 32 heavy (non-hydrogen) atoms. The van der Waals surface area contributed by atoms with Gasteiger partial charge in [-0.2, -0.15) is 0 Å². The normalized spacial score (nSPS) is 10.5. The van der Waals surface area contributed by atoms with Gasteiger partial charge < -0.3 is 11.1 Å². The summed E-state index contributed by atoms with van der Waals surface area (Å²) in [5.74, 6) is 0.106. The Morgan fingerprint density at radius 2 is 1.31 bits per heavy atom. The average Bonchev–Trinajstić information content (AvgIpc) is 2.85. The Balaban J connectivity index is 1.48. The standard InChI is InChI=1S/C25H24N6O/c26-22-23(27-16-18-10-4-1-5-11-18)28-17-29-24(22)30-31-25(32)21(19-12-6-2-7-13-19)20-14-8-3-9-15-20/h1-15,17,21H,16,26H2,(H,31,32)(H2,27,28,29,30). The van der Waals surface area contributed by atoms with Gasteiger partial charge in [-0.1, -0.05) is 91.0 Å². The van der Waals surface area contributed by atoms with E-state index in [0.717, 1.165) is 16.7 Å². The number of nitrogens with two attached hydrogens (primary N) is 1. The van der Waals surface area contributed by atoms with E-state index in [1.165, 1.54) is 6.33 Å². The lowest BCUT2D eigenvalue weighted by atomic mass is 9.91. The van der Waals surface area contributed by atoms with Crippen molar-refractivity contribution >= 4 is 23.2 Å². The number of rotatable bonds is 8. The molecule has 0 spiro atoms. The molecule has 0 saturated carbocycles. The quantitative estimate of drug-likeness (QED) is 0.319. The third kappa shape index (κ3) is 5.02. The molecule has 0 bridgehead atoms. The second kappa shape index (κ2) is 10.1. The van der Waals surface area contributed by atoms with Gasteiger partial charge in [-0.05, 0) is 16.7 Å². The molecule has 0 radical (unpaired) electrons. The molecular formula is C25H24N6O. The number of benzene rings is 3. The number of hydrogen-bond donors (Lipinski definition) is 4. The second-order valence-corrected chi connectivity index (χ2v) is 7.19. The first-order valence-corrected chi connectivity index (χ1v) is 10.3. The van der Waals surface area contributed by atoms with E-state index in [-0.39, 0.29) is 5.91 Å². The summed E-state index contributed by atoms with van der Waals surface area (Å²) in [4.78, 5) is 21.5. The number of hydrogen-bond acceptors (Lipinski definition) is 6. The molecule has 0 aliphatic rings. The average molecular weight is 425 g/mol. The molecule has 1 amide bonds. The van der Waals surface area contributed by atoms with E-state index in [4.69, 9.17) is 5.73 Å². The van der Waals surface area contributed by atoms with Crippen molar-refractivity contribution < 1.29 is 4.79 Å². The van der Waals surface area contributed by atoms with Crippen molar-refractivity contribution in [3.8, 4) is 0 Å². The molecular weight excluding hydrogens is 400 g/mol. The van der Waals surface area contributed by atoms with Gasteiger partial charge in [0, 0.05) is 6.54 Å². The van der Waals surface area contributed by atoms with E-state index in [0.29, 0.717) is 23.9 Å². The van der Waals surface area contributed by atoms with Gasteiger partial charge in [0.15, 0.2) is 11.6 Å². The Bertz CT molecular complexity index is 1110.